The van der Waals surface area contributed by atoms with Gasteiger partial charge in [-0.1, -0.05) is 6.07 Å². The molecule has 156 valence electrons. The van der Waals surface area contributed by atoms with Gasteiger partial charge in [0.15, 0.2) is 17.5 Å². The van der Waals surface area contributed by atoms with Crippen molar-refractivity contribution in [2.45, 2.75) is 26.7 Å². The normalized spacial score (nSPS) is 11.0. The van der Waals surface area contributed by atoms with Crippen molar-refractivity contribution >= 4 is 41.3 Å². The summed E-state index contributed by atoms with van der Waals surface area (Å²) in [4.78, 5) is 11.4. The van der Waals surface area contributed by atoms with Gasteiger partial charge in [-0.15, -0.1) is 35.3 Å². The first-order valence-electron chi connectivity index (χ1n) is 9.18. The molecular weight excluding hydrogens is 487 g/mol. The number of nitrogens with zero attached hydrogens (tertiary/aromatic N) is 3. The summed E-state index contributed by atoms with van der Waals surface area (Å²) < 4.78 is 10.7. The number of halogens is 1. The molecule has 1 heterocycles. The lowest BCUT2D eigenvalue weighted by Gasteiger charge is -2.22. The van der Waals surface area contributed by atoms with E-state index in [0.29, 0.717) is 0 Å². The number of nitrogens with one attached hydrogen (secondary N) is 1. The summed E-state index contributed by atoms with van der Waals surface area (Å²) in [7, 11) is 5.38. The molecule has 1 N–H and O–H groups in total. The Morgan fingerprint density at radius 2 is 1.96 bits per heavy atom. The molecule has 0 amide bonds. The number of aryl methyl sites for hydroxylation is 1. The van der Waals surface area contributed by atoms with Crippen molar-refractivity contribution in [1.29, 1.82) is 0 Å². The molecule has 0 saturated heterocycles. The minimum Gasteiger partial charge on any atom is -0.493 e. The third kappa shape index (κ3) is 7.46. The highest BCUT2D eigenvalue weighted by Crippen LogP contribution is 2.27. The molecule has 1 aromatic heterocycles. The summed E-state index contributed by atoms with van der Waals surface area (Å²) in [5.41, 5.74) is 2.32. The van der Waals surface area contributed by atoms with Gasteiger partial charge in [-0.25, -0.2) is 4.98 Å². The van der Waals surface area contributed by atoms with Crippen LogP contribution in [0.25, 0.3) is 0 Å². The van der Waals surface area contributed by atoms with Gasteiger partial charge in [-0.3, -0.25) is 4.99 Å². The Labute approximate surface area is 189 Å². The average molecular weight is 518 g/mol. The highest BCUT2D eigenvalue weighted by Gasteiger charge is 2.08. The highest BCUT2D eigenvalue weighted by molar-refractivity contribution is 14.0. The third-order valence-corrected chi connectivity index (χ3v) is 5.00. The molecule has 0 aliphatic heterocycles. The number of guanidine groups is 1. The average Bonchev–Trinajstić information content (AvgIpc) is 3.10. The number of hydrogen-bond donors (Lipinski definition) is 1. The van der Waals surface area contributed by atoms with Crippen LogP contribution >= 0.6 is 35.3 Å². The molecule has 0 bridgehead atoms. The zero-order valence-corrected chi connectivity index (χ0v) is 20.5. The Morgan fingerprint density at radius 3 is 2.57 bits per heavy atom. The van der Waals surface area contributed by atoms with E-state index in [0.717, 1.165) is 60.6 Å². The van der Waals surface area contributed by atoms with Gasteiger partial charge >= 0.3 is 0 Å². The Balaban J connectivity index is 0.00000392. The predicted molar refractivity (Wildman–Crippen MR) is 128 cm³/mol. The fraction of sp³-hybridized carbons (Fsp3) is 0.500. The predicted octanol–water partition coefficient (Wildman–Crippen LogP) is 3.77. The molecule has 0 unspecified atom stereocenters. The fourth-order valence-corrected chi connectivity index (χ4v) is 3.36. The Bertz CT molecular complexity index is 752. The molecule has 2 rings (SSSR count). The molecule has 0 aliphatic carbocycles. The molecule has 8 heteroatoms. The molecule has 1 aromatic carbocycles. The SMILES string of the molecule is CCNC(=NCCc1csc(C)n1)N(C)CCc1ccc(OC)c(OC)c1.I. The molecule has 0 atom stereocenters. The number of thiazole rings is 1. The van der Waals surface area contributed by atoms with Crippen LogP contribution in [0.1, 0.15) is 23.2 Å². The third-order valence-electron chi connectivity index (χ3n) is 4.18. The van der Waals surface area contributed by atoms with E-state index in [1.165, 1.54) is 5.56 Å². The minimum absolute atomic E-state index is 0. The van der Waals surface area contributed by atoms with Crippen molar-refractivity contribution in [3.63, 3.8) is 0 Å². The van der Waals surface area contributed by atoms with Gasteiger partial charge in [0.2, 0.25) is 0 Å². The Kier molecular flexibility index (Phi) is 11.2. The zero-order chi connectivity index (χ0) is 19.6. The zero-order valence-electron chi connectivity index (χ0n) is 17.3. The summed E-state index contributed by atoms with van der Waals surface area (Å²) in [6.45, 7) is 6.55. The second kappa shape index (κ2) is 12.8. The molecule has 0 saturated carbocycles. The van der Waals surface area contributed by atoms with Crippen molar-refractivity contribution in [3.8, 4) is 11.5 Å². The van der Waals surface area contributed by atoms with Crippen LogP contribution in [0.3, 0.4) is 0 Å². The summed E-state index contributed by atoms with van der Waals surface area (Å²) in [6, 6.07) is 6.05. The molecule has 28 heavy (non-hydrogen) atoms. The van der Waals surface area contributed by atoms with Gasteiger partial charge in [0.05, 0.1) is 24.9 Å². The van der Waals surface area contributed by atoms with Crippen LogP contribution in [0.15, 0.2) is 28.6 Å². The maximum atomic E-state index is 5.39. The second-order valence-electron chi connectivity index (χ2n) is 6.20. The van der Waals surface area contributed by atoms with E-state index in [-0.39, 0.29) is 24.0 Å². The quantitative estimate of drug-likeness (QED) is 0.311. The van der Waals surface area contributed by atoms with Crippen LogP contribution in [0.2, 0.25) is 0 Å². The molecule has 0 fully saturated rings. The van der Waals surface area contributed by atoms with E-state index in [4.69, 9.17) is 14.5 Å². The number of rotatable bonds is 9. The van der Waals surface area contributed by atoms with Crippen molar-refractivity contribution in [3.05, 3.63) is 39.8 Å². The van der Waals surface area contributed by atoms with Crippen LogP contribution in [0.4, 0.5) is 0 Å². The van der Waals surface area contributed by atoms with Crippen LogP contribution in [0, 0.1) is 6.92 Å². The maximum Gasteiger partial charge on any atom is 0.193 e. The van der Waals surface area contributed by atoms with E-state index in [9.17, 15) is 0 Å². The summed E-state index contributed by atoms with van der Waals surface area (Å²) in [6.07, 6.45) is 1.76. The summed E-state index contributed by atoms with van der Waals surface area (Å²) >= 11 is 1.69. The van der Waals surface area contributed by atoms with Crippen molar-refractivity contribution in [2.24, 2.45) is 4.99 Å². The van der Waals surface area contributed by atoms with Gasteiger partial charge in [0.1, 0.15) is 0 Å². The minimum atomic E-state index is 0. The van der Waals surface area contributed by atoms with Gasteiger partial charge in [-0.2, -0.15) is 0 Å². The maximum absolute atomic E-state index is 5.39. The van der Waals surface area contributed by atoms with Gasteiger partial charge in [0.25, 0.3) is 0 Å². The number of likely N-dealkylation sites (N-methyl/N-ethyl adjacent to an activating group) is 1. The molecular formula is C20H31IN4O2S. The lowest BCUT2D eigenvalue weighted by atomic mass is 10.1. The fourth-order valence-electron chi connectivity index (χ4n) is 2.71. The topological polar surface area (TPSA) is 59.0 Å². The van der Waals surface area contributed by atoms with E-state index < -0.39 is 0 Å². The standard InChI is InChI=1S/C20H30N4O2S.HI/c1-6-21-20(22-11-9-17-14-27-15(2)23-17)24(3)12-10-16-7-8-18(25-4)19(13-16)26-5;/h7-8,13-14H,6,9-12H2,1-5H3,(H,21,22);1H. The van der Waals surface area contributed by atoms with E-state index in [1.807, 2.05) is 19.1 Å². The Morgan fingerprint density at radius 1 is 1.21 bits per heavy atom. The first-order valence-corrected chi connectivity index (χ1v) is 10.1. The van der Waals surface area contributed by atoms with Crippen LogP contribution < -0.4 is 14.8 Å². The molecule has 0 radical (unpaired) electrons. The largest absolute Gasteiger partial charge is 0.493 e. The van der Waals surface area contributed by atoms with Gasteiger partial charge in [-0.05, 0) is 38.0 Å². The number of methoxy groups -OCH3 is 2. The van der Waals surface area contributed by atoms with E-state index >= 15 is 0 Å². The lowest BCUT2D eigenvalue weighted by Crippen LogP contribution is -2.40. The van der Waals surface area contributed by atoms with Crippen LogP contribution in [-0.4, -0.2) is 56.7 Å². The molecule has 6 nitrogen and oxygen atoms in total. The van der Waals surface area contributed by atoms with Crippen LogP contribution in [-0.2, 0) is 12.8 Å². The van der Waals surface area contributed by atoms with Crippen molar-refractivity contribution < 1.29 is 9.47 Å². The lowest BCUT2D eigenvalue weighted by molar-refractivity contribution is 0.354. The number of ether oxygens (including phenoxy) is 2. The van der Waals surface area contributed by atoms with Crippen molar-refractivity contribution in [2.75, 3.05) is 40.9 Å². The first kappa shape index (κ1) is 24.5. The molecule has 0 aliphatic rings. The van der Waals surface area contributed by atoms with E-state index in [2.05, 4.69) is 40.6 Å². The number of hydrogen-bond acceptors (Lipinski definition) is 5. The van der Waals surface area contributed by atoms with Gasteiger partial charge in [0, 0.05) is 38.5 Å². The summed E-state index contributed by atoms with van der Waals surface area (Å²) in [5, 5.41) is 6.58. The first-order chi connectivity index (χ1) is 13.1. The summed E-state index contributed by atoms with van der Waals surface area (Å²) in [5.74, 6) is 2.43. The highest BCUT2D eigenvalue weighted by atomic mass is 127. The number of aromatic nitrogens is 1. The Hall–Kier alpha value is -1.55. The second-order valence-corrected chi connectivity index (χ2v) is 7.27. The van der Waals surface area contributed by atoms with Crippen molar-refractivity contribution in [1.82, 2.24) is 15.2 Å². The number of aliphatic imine (C=N–C) groups is 1. The van der Waals surface area contributed by atoms with Crippen LogP contribution in [0.5, 0.6) is 11.5 Å². The number of benzene rings is 1. The monoisotopic (exact) mass is 518 g/mol. The van der Waals surface area contributed by atoms with E-state index in [1.54, 1.807) is 25.6 Å². The smallest absolute Gasteiger partial charge is 0.193 e. The molecule has 0 spiro atoms. The van der Waals surface area contributed by atoms with Gasteiger partial charge < -0.3 is 19.7 Å². The molecule has 2 aromatic rings.